The van der Waals surface area contributed by atoms with E-state index in [-0.39, 0.29) is 5.78 Å². The van der Waals surface area contributed by atoms with Gasteiger partial charge in [0.05, 0.1) is 11.3 Å². The molecule has 0 saturated heterocycles. The molecule has 1 aromatic heterocycles. The molecule has 3 nitrogen and oxygen atoms in total. The van der Waals surface area contributed by atoms with Crippen LogP contribution in [0.25, 0.3) is 0 Å². The molecule has 0 N–H and O–H groups in total. The normalized spacial score (nSPS) is 15.4. The Morgan fingerprint density at radius 1 is 1.60 bits per heavy atom. The van der Waals surface area contributed by atoms with Gasteiger partial charge in [-0.25, -0.2) is 9.97 Å². The van der Waals surface area contributed by atoms with E-state index in [1.54, 1.807) is 6.20 Å². The largest absolute Gasteiger partial charge is 0.293 e. The lowest BCUT2D eigenvalue weighted by Gasteiger charge is -1.89. The van der Waals surface area contributed by atoms with Crippen molar-refractivity contribution in [1.82, 2.24) is 9.97 Å². The molecule has 1 aliphatic heterocycles. The first kappa shape index (κ1) is 5.85. The number of hydrogen-bond acceptors (Lipinski definition) is 4. The number of rotatable bonds is 0. The summed E-state index contributed by atoms with van der Waals surface area (Å²) in [5.41, 5.74) is 0.674. The van der Waals surface area contributed by atoms with Crippen molar-refractivity contribution in [2.75, 3.05) is 5.75 Å². The van der Waals surface area contributed by atoms with E-state index in [1.807, 2.05) is 0 Å². The van der Waals surface area contributed by atoms with Crippen molar-refractivity contribution in [3.63, 3.8) is 0 Å². The highest BCUT2D eigenvalue weighted by atomic mass is 32.2. The Hall–Kier alpha value is -0.900. The Morgan fingerprint density at radius 2 is 2.50 bits per heavy atom. The summed E-state index contributed by atoms with van der Waals surface area (Å²) in [4.78, 5) is 18.7. The van der Waals surface area contributed by atoms with Crippen LogP contribution in [0.4, 0.5) is 0 Å². The standard InChI is InChI=1S/C6H4N2OS/c9-5-2-10-6-4(5)1-7-3-8-6/h1,3H,2H2. The van der Waals surface area contributed by atoms with Crippen molar-refractivity contribution in [3.05, 3.63) is 18.1 Å². The third kappa shape index (κ3) is 0.724. The van der Waals surface area contributed by atoms with E-state index in [2.05, 4.69) is 9.97 Å². The number of hydrogen-bond donors (Lipinski definition) is 0. The molecular weight excluding hydrogens is 148 g/mol. The summed E-state index contributed by atoms with van der Waals surface area (Å²) in [5, 5.41) is 0.819. The van der Waals surface area contributed by atoms with Gasteiger partial charge in [-0.05, 0) is 0 Å². The Morgan fingerprint density at radius 3 is 3.30 bits per heavy atom. The van der Waals surface area contributed by atoms with Crippen molar-refractivity contribution in [3.8, 4) is 0 Å². The minimum absolute atomic E-state index is 0.139. The van der Waals surface area contributed by atoms with Gasteiger partial charge in [0.1, 0.15) is 11.4 Å². The van der Waals surface area contributed by atoms with Crippen LogP contribution in [-0.2, 0) is 0 Å². The second kappa shape index (κ2) is 2.05. The van der Waals surface area contributed by atoms with Crippen LogP contribution < -0.4 is 0 Å². The van der Waals surface area contributed by atoms with E-state index in [1.165, 1.54) is 18.1 Å². The number of fused-ring (bicyclic) bond motifs is 1. The minimum atomic E-state index is 0.139. The molecule has 0 amide bonds. The van der Waals surface area contributed by atoms with Crippen LogP contribution in [0.15, 0.2) is 17.6 Å². The molecule has 0 spiro atoms. The summed E-state index contributed by atoms with van der Waals surface area (Å²) < 4.78 is 0. The molecule has 0 radical (unpaired) electrons. The van der Waals surface area contributed by atoms with Crippen LogP contribution in [-0.4, -0.2) is 21.5 Å². The van der Waals surface area contributed by atoms with Gasteiger partial charge in [-0.2, -0.15) is 0 Å². The van der Waals surface area contributed by atoms with Crippen LogP contribution >= 0.6 is 11.8 Å². The van der Waals surface area contributed by atoms with Gasteiger partial charge in [0, 0.05) is 6.20 Å². The van der Waals surface area contributed by atoms with Gasteiger partial charge in [-0.1, -0.05) is 11.8 Å². The average Bonchev–Trinajstić information content (AvgIpc) is 2.34. The van der Waals surface area contributed by atoms with Crippen LogP contribution in [0.1, 0.15) is 10.4 Å². The van der Waals surface area contributed by atoms with E-state index in [0.29, 0.717) is 11.3 Å². The van der Waals surface area contributed by atoms with Gasteiger partial charge in [0.15, 0.2) is 5.78 Å². The van der Waals surface area contributed by atoms with E-state index in [9.17, 15) is 4.79 Å². The maximum atomic E-state index is 11.0. The van der Waals surface area contributed by atoms with Crippen molar-refractivity contribution < 1.29 is 4.79 Å². The highest BCUT2D eigenvalue weighted by molar-refractivity contribution is 8.00. The molecule has 0 fully saturated rings. The second-order valence-electron chi connectivity index (χ2n) is 1.95. The third-order valence-electron chi connectivity index (χ3n) is 1.32. The molecule has 1 aromatic rings. The van der Waals surface area contributed by atoms with E-state index >= 15 is 0 Å². The summed E-state index contributed by atoms with van der Waals surface area (Å²) in [5.74, 6) is 0.661. The van der Waals surface area contributed by atoms with Crippen molar-refractivity contribution in [2.45, 2.75) is 5.03 Å². The third-order valence-corrected chi connectivity index (χ3v) is 2.32. The van der Waals surface area contributed by atoms with E-state index in [4.69, 9.17) is 0 Å². The summed E-state index contributed by atoms with van der Waals surface area (Å²) in [7, 11) is 0. The van der Waals surface area contributed by atoms with Crippen molar-refractivity contribution in [1.29, 1.82) is 0 Å². The van der Waals surface area contributed by atoms with Crippen molar-refractivity contribution >= 4 is 17.5 Å². The number of thioether (sulfide) groups is 1. The van der Waals surface area contributed by atoms with Crippen molar-refractivity contribution in [2.24, 2.45) is 0 Å². The summed E-state index contributed by atoms with van der Waals surface area (Å²) in [6.45, 7) is 0. The number of nitrogens with zero attached hydrogens (tertiary/aromatic N) is 2. The Kier molecular flexibility index (Phi) is 1.20. The van der Waals surface area contributed by atoms with E-state index in [0.717, 1.165) is 5.03 Å². The molecule has 1 aliphatic rings. The van der Waals surface area contributed by atoms with Gasteiger partial charge in [-0.3, -0.25) is 4.79 Å². The van der Waals surface area contributed by atoms with Crippen LogP contribution in [0.3, 0.4) is 0 Å². The molecule has 4 heteroatoms. The number of Topliss-reactive ketones (excluding diaryl/α,β-unsaturated/α-hetero) is 1. The smallest absolute Gasteiger partial charge is 0.177 e. The number of carbonyl (C=O) groups is 1. The maximum Gasteiger partial charge on any atom is 0.177 e. The molecule has 0 saturated carbocycles. The second-order valence-corrected chi connectivity index (χ2v) is 2.92. The molecule has 0 unspecified atom stereocenters. The fraction of sp³-hybridized carbons (Fsp3) is 0.167. The zero-order valence-corrected chi connectivity index (χ0v) is 5.89. The fourth-order valence-corrected chi connectivity index (χ4v) is 1.70. The van der Waals surface area contributed by atoms with Gasteiger partial charge in [0.25, 0.3) is 0 Å². The molecule has 0 aliphatic carbocycles. The van der Waals surface area contributed by atoms with Crippen LogP contribution in [0.5, 0.6) is 0 Å². The SMILES string of the molecule is O=C1CSc2ncncc21. The Labute approximate surface area is 61.9 Å². The average molecular weight is 152 g/mol. The molecule has 50 valence electrons. The summed E-state index contributed by atoms with van der Waals surface area (Å²) >= 11 is 1.48. The lowest BCUT2D eigenvalue weighted by atomic mass is 10.2. The molecule has 0 aromatic carbocycles. The first-order valence-corrected chi connectivity index (χ1v) is 3.82. The van der Waals surface area contributed by atoms with Gasteiger partial charge >= 0.3 is 0 Å². The molecule has 2 rings (SSSR count). The number of ketones is 1. The lowest BCUT2D eigenvalue weighted by molar-refractivity contribution is 0.102. The van der Waals surface area contributed by atoms with Gasteiger partial charge in [0.2, 0.25) is 0 Å². The fourth-order valence-electron chi connectivity index (χ4n) is 0.836. The van der Waals surface area contributed by atoms with Crippen LogP contribution in [0, 0.1) is 0 Å². The predicted octanol–water partition coefficient (Wildman–Crippen LogP) is 0.765. The molecule has 0 bridgehead atoms. The highest BCUT2D eigenvalue weighted by Gasteiger charge is 2.20. The predicted molar refractivity (Wildman–Crippen MR) is 37.1 cm³/mol. The lowest BCUT2D eigenvalue weighted by Crippen LogP contribution is -1.95. The van der Waals surface area contributed by atoms with E-state index < -0.39 is 0 Å². The highest BCUT2D eigenvalue weighted by Crippen LogP contribution is 2.27. The zero-order valence-electron chi connectivity index (χ0n) is 5.07. The number of aromatic nitrogens is 2. The Bertz CT molecular complexity index is 287. The maximum absolute atomic E-state index is 11.0. The minimum Gasteiger partial charge on any atom is -0.293 e. The van der Waals surface area contributed by atoms with Gasteiger partial charge < -0.3 is 0 Å². The number of carbonyl (C=O) groups excluding carboxylic acids is 1. The first-order valence-electron chi connectivity index (χ1n) is 2.84. The molecule has 10 heavy (non-hydrogen) atoms. The Balaban J connectivity index is 2.61. The summed E-state index contributed by atoms with van der Waals surface area (Å²) in [6, 6.07) is 0. The summed E-state index contributed by atoms with van der Waals surface area (Å²) in [6.07, 6.45) is 3.04. The quantitative estimate of drug-likeness (QED) is 0.515. The van der Waals surface area contributed by atoms with Crippen LogP contribution in [0.2, 0.25) is 0 Å². The molecule has 2 heterocycles. The van der Waals surface area contributed by atoms with Gasteiger partial charge in [-0.15, -0.1) is 0 Å². The molecule has 0 atom stereocenters. The topological polar surface area (TPSA) is 42.9 Å². The zero-order chi connectivity index (χ0) is 6.97. The monoisotopic (exact) mass is 152 g/mol. The first-order chi connectivity index (χ1) is 4.88. The molecular formula is C6H4N2OS.